The third kappa shape index (κ3) is 3.97. The predicted molar refractivity (Wildman–Crippen MR) is 62.6 cm³/mol. The van der Waals surface area contributed by atoms with Crippen molar-refractivity contribution < 1.29 is 0 Å². The number of hydrogen-bond donors (Lipinski definition) is 1. The molecule has 2 heteroatoms. The van der Waals surface area contributed by atoms with Crippen LogP contribution >= 0.6 is 0 Å². The first kappa shape index (κ1) is 12.0. The molecule has 0 bridgehead atoms. The summed E-state index contributed by atoms with van der Waals surface area (Å²) in [5, 5.41) is 3.50. The van der Waals surface area contributed by atoms with Gasteiger partial charge in [-0.05, 0) is 44.8 Å². The Morgan fingerprint density at radius 3 is 2.71 bits per heavy atom. The molecule has 1 rings (SSSR count). The van der Waals surface area contributed by atoms with Gasteiger partial charge in [-0.15, -0.1) is 0 Å². The zero-order chi connectivity index (χ0) is 10.4. The van der Waals surface area contributed by atoms with Crippen LogP contribution in [0.25, 0.3) is 0 Å². The number of likely N-dealkylation sites (N-methyl/N-ethyl adjacent to an activating group) is 1. The molecule has 1 unspecified atom stereocenters. The van der Waals surface area contributed by atoms with E-state index >= 15 is 0 Å². The summed E-state index contributed by atoms with van der Waals surface area (Å²) in [4.78, 5) is 2.64. The van der Waals surface area contributed by atoms with E-state index in [9.17, 15) is 0 Å². The van der Waals surface area contributed by atoms with E-state index < -0.39 is 0 Å². The fourth-order valence-corrected chi connectivity index (χ4v) is 2.17. The molecule has 0 aromatic heterocycles. The van der Waals surface area contributed by atoms with Gasteiger partial charge in [0, 0.05) is 12.6 Å². The molecular weight excluding hydrogens is 172 g/mol. The van der Waals surface area contributed by atoms with E-state index in [-0.39, 0.29) is 0 Å². The Hall–Kier alpha value is -0.0800. The smallest absolute Gasteiger partial charge is 0.0220 e. The Kier molecular flexibility index (Phi) is 5.49. The van der Waals surface area contributed by atoms with Crippen molar-refractivity contribution in [2.24, 2.45) is 5.92 Å². The van der Waals surface area contributed by atoms with Crippen molar-refractivity contribution in [3.63, 3.8) is 0 Å². The molecule has 0 aromatic rings. The molecule has 14 heavy (non-hydrogen) atoms. The van der Waals surface area contributed by atoms with E-state index in [1.54, 1.807) is 0 Å². The van der Waals surface area contributed by atoms with Gasteiger partial charge in [0.25, 0.3) is 0 Å². The first-order chi connectivity index (χ1) is 6.74. The van der Waals surface area contributed by atoms with Crippen LogP contribution in [0.3, 0.4) is 0 Å². The molecule has 1 heterocycles. The number of rotatable bonds is 5. The summed E-state index contributed by atoms with van der Waals surface area (Å²) in [5.74, 6) is 0.834. The summed E-state index contributed by atoms with van der Waals surface area (Å²) >= 11 is 0. The maximum Gasteiger partial charge on any atom is 0.0220 e. The summed E-state index contributed by atoms with van der Waals surface area (Å²) < 4.78 is 0. The van der Waals surface area contributed by atoms with Crippen LogP contribution in [0.4, 0.5) is 0 Å². The molecule has 1 aliphatic heterocycles. The number of piperidine rings is 1. The maximum atomic E-state index is 3.50. The highest BCUT2D eigenvalue weighted by Crippen LogP contribution is 2.12. The SMILES string of the molecule is CCN(CCC(C)C)C1CCCNC1. The summed E-state index contributed by atoms with van der Waals surface area (Å²) in [6, 6.07) is 0.799. The monoisotopic (exact) mass is 198 g/mol. The number of nitrogens with one attached hydrogen (secondary N) is 1. The van der Waals surface area contributed by atoms with Crippen molar-refractivity contribution in [1.29, 1.82) is 0 Å². The van der Waals surface area contributed by atoms with E-state index in [2.05, 4.69) is 31.0 Å². The topological polar surface area (TPSA) is 15.3 Å². The molecule has 0 saturated carbocycles. The molecule has 0 aliphatic carbocycles. The highest BCUT2D eigenvalue weighted by Gasteiger charge is 2.19. The van der Waals surface area contributed by atoms with Crippen LogP contribution < -0.4 is 5.32 Å². The third-order valence-electron chi connectivity index (χ3n) is 3.19. The lowest BCUT2D eigenvalue weighted by Crippen LogP contribution is -2.46. The second-order valence-electron chi connectivity index (χ2n) is 4.81. The van der Waals surface area contributed by atoms with Crippen molar-refractivity contribution in [3.05, 3.63) is 0 Å². The zero-order valence-electron chi connectivity index (χ0n) is 10.1. The van der Waals surface area contributed by atoms with Crippen LogP contribution in [0.5, 0.6) is 0 Å². The highest BCUT2D eigenvalue weighted by atomic mass is 15.2. The highest BCUT2D eigenvalue weighted by molar-refractivity contribution is 4.77. The van der Waals surface area contributed by atoms with Crippen molar-refractivity contribution in [2.45, 2.75) is 46.1 Å². The zero-order valence-corrected chi connectivity index (χ0v) is 10.1. The van der Waals surface area contributed by atoms with Gasteiger partial charge < -0.3 is 5.32 Å². The Morgan fingerprint density at radius 1 is 1.43 bits per heavy atom. The Balaban J connectivity index is 2.28. The second kappa shape index (κ2) is 6.41. The molecule has 1 saturated heterocycles. The largest absolute Gasteiger partial charge is 0.315 e. The van der Waals surface area contributed by atoms with Gasteiger partial charge in [-0.2, -0.15) is 0 Å². The summed E-state index contributed by atoms with van der Waals surface area (Å²) in [7, 11) is 0. The van der Waals surface area contributed by atoms with Gasteiger partial charge in [0.2, 0.25) is 0 Å². The standard InChI is InChI=1S/C12H26N2/c1-4-14(9-7-11(2)3)12-6-5-8-13-10-12/h11-13H,4-10H2,1-3H3. The lowest BCUT2D eigenvalue weighted by atomic mass is 10.0. The summed E-state index contributed by atoms with van der Waals surface area (Å²) in [6.07, 6.45) is 4.08. The average molecular weight is 198 g/mol. The van der Waals surface area contributed by atoms with E-state index in [4.69, 9.17) is 0 Å². The molecule has 1 aliphatic rings. The second-order valence-corrected chi connectivity index (χ2v) is 4.81. The van der Waals surface area contributed by atoms with Crippen molar-refractivity contribution in [3.8, 4) is 0 Å². The summed E-state index contributed by atoms with van der Waals surface area (Å²) in [5.41, 5.74) is 0. The van der Waals surface area contributed by atoms with Crippen molar-refractivity contribution in [1.82, 2.24) is 10.2 Å². The molecule has 0 aromatic carbocycles. The Morgan fingerprint density at radius 2 is 2.21 bits per heavy atom. The van der Waals surface area contributed by atoms with Gasteiger partial charge in [0.15, 0.2) is 0 Å². The van der Waals surface area contributed by atoms with E-state index in [0.717, 1.165) is 12.0 Å². The maximum absolute atomic E-state index is 3.50. The fourth-order valence-electron chi connectivity index (χ4n) is 2.17. The third-order valence-corrected chi connectivity index (χ3v) is 3.19. The molecule has 1 atom stereocenters. The average Bonchev–Trinajstić information content (AvgIpc) is 2.20. The fraction of sp³-hybridized carbons (Fsp3) is 1.00. The molecule has 84 valence electrons. The number of hydrogen-bond acceptors (Lipinski definition) is 2. The van der Waals surface area contributed by atoms with E-state index in [1.165, 1.54) is 45.4 Å². The van der Waals surface area contributed by atoms with Crippen molar-refractivity contribution >= 4 is 0 Å². The lowest BCUT2D eigenvalue weighted by molar-refractivity contribution is 0.166. The molecule has 0 spiro atoms. The van der Waals surface area contributed by atoms with Crippen LogP contribution in [-0.4, -0.2) is 37.1 Å². The first-order valence-corrected chi connectivity index (χ1v) is 6.18. The van der Waals surface area contributed by atoms with Crippen molar-refractivity contribution in [2.75, 3.05) is 26.2 Å². The molecule has 1 fully saturated rings. The molecule has 0 amide bonds. The molecule has 1 N–H and O–H groups in total. The minimum Gasteiger partial charge on any atom is -0.315 e. The van der Waals surface area contributed by atoms with Crippen LogP contribution in [0, 0.1) is 5.92 Å². The van der Waals surface area contributed by atoms with Gasteiger partial charge in [-0.25, -0.2) is 0 Å². The van der Waals surface area contributed by atoms with Gasteiger partial charge >= 0.3 is 0 Å². The van der Waals surface area contributed by atoms with Crippen LogP contribution in [0.15, 0.2) is 0 Å². The molecular formula is C12H26N2. The normalized spacial score (nSPS) is 23.4. The van der Waals surface area contributed by atoms with Gasteiger partial charge in [-0.1, -0.05) is 20.8 Å². The summed E-state index contributed by atoms with van der Waals surface area (Å²) in [6.45, 7) is 11.8. The minimum atomic E-state index is 0.799. The van der Waals surface area contributed by atoms with Gasteiger partial charge in [0.05, 0.1) is 0 Å². The first-order valence-electron chi connectivity index (χ1n) is 6.18. The Labute approximate surface area is 89.1 Å². The van der Waals surface area contributed by atoms with Crippen LogP contribution in [0.2, 0.25) is 0 Å². The number of nitrogens with zero attached hydrogens (tertiary/aromatic N) is 1. The molecule has 0 radical (unpaired) electrons. The Bertz CT molecular complexity index is 139. The lowest BCUT2D eigenvalue weighted by Gasteiger charge is -2.34. The quantitative estimate of drug-likeness (QED) is 0.728. The minimum absolute atomic E-state index is 0.799. The van der Waals surface area contributed by atoms with Crippen LogP contribution in [-0.2, 0) is 0 Å². The van der Waals surface area contributed by atoms with E-state index in [1.807, 2.05) is 0 Å². The van der Waals surface area contributed by atoms with E-state index in [0.29, 0.717) is 0 Å². The van der Waals surface area contributed by atoms with Crippen LogP contribution in [0.1, 0.15) is 40.0 Å². The predicted octanol–water partition coefficient (Wildman–Crippen LogP) is 2.11. The van der Waals surface area contributed by atoms with Gasteiger partial charge in [0.1, 0.15) is 0 Å². The molecule has 2 nitrogen and oxygen atoms in total. The van der Waals surface area contributed by atoms with Gasteiger partial charge in [-0.3, -0.25) is 4.90 Å².